The molecule has 0 unspecified atom stereocenters. The monoisotopic (exact) mass is 450 g/mol. The number of carbonyl (C=O) groups excluding carboxylic acids is 1. The highest BCUT2D eigenvalue weighted by Gasteiger charge is 2.25. The van der Waals surface area contributed by atoms with Crippen LogP contribution in [0.25, 0.3) is 0 Å². The SMILES string of the molecule is COc1ccccc1CC(=O)N(CCC(C)C)c1c(N)n(Cc2ccccc2)c(=O)[nH]c1=O. The van der Waals surface area contributed by atoms with Crippen molar-refractivity contribution in [3.8, 4) is 5.75 Å². The van der Waals surface area contributed by atoms with Crippen LogP contribution >= 0.6 is 0 Å². The van der Waals surface area contributed by atoms with Gasteiger partial charge in [0.05, 0.1) is 20.1 Å². The van der Waals surface area contributed by atoms with Gasteiger partial charge in [-0.25, -0.2) is 4.79 Å². The minimum Gasteiger partial charge on any atom is -0.496 e. The summed E-state index contributed by atoms with van der Waals surface area (Å²) in [6.45, 7) is 4.54. The lowest BCUT2D eigenvalue weighted by atomic mass is 10.1. The Morgan fingerprint density at radius 1 is 1.09 bits per heavy atom. The summed E-state index contributed by atoms with van der Waals surface area (Å²) >= 11 is 0. The van der Waals surface area contributed by atoms with Crippen molar-refractivity contribution in [3.63, 3.8) is 0 Å². The maximum Gasteiger partial charge on any atom is 0.330 e. The van der Waals surface area contributed by atoms with Gasteiger partial charge >= 0.3 is 5.69 Å². The summed E-state index contributed by atoms with van der Waals surface area (Å²) in [4.78, 5) is 42.6. The lowest BCUT2D eigenvalue weighted by Gasteiger charge is -2.25. The van der Waals surface area contributed by atoms with E-state index in [0.29, 0.717) is 30.2 Å². The number of amides is 1. The van der Waals surface area contributed by atoms with Crippen LogP contribution in [0.2, 0.25) is 0 Å². The molecule has 0 aliphatic heterocycles. The third kappa shape index (κ3) is 5.71. The molecule has 0 radical (unpaired) electrons. The van der Waals surface area contributed by atoms with Crippen molar-refractivity contribution in [2.45, 2.75) is 33.2 Å². The van der Waals surface area contributed by atoms with Crippen LogP contribution in [-0.4, -0.2) is 29.1 Å². The van der Waals surface area contributed by atoms with Gasteiger partial charge in [-0.15, -0.1) is 0 Å². The van der Waals surface area contributed by atoms with Crippen LogP contribution in [0, 0.1) is 5.92 Å². The summed E-state index contributed by atoms with van der Waals surface area (Å²) < 4.78 is 6.65. The molecule has 8 nitrogen and oxygen atoms in total. The molecule has 0 bridgehead atoms. The Labute approximate surface area is 192 Å². The fraction of sp³-hybridized carbons (Fsp3) is 0.320. The number of hydrogen-bond acceptors (Lipinski definition) is 5. The van der Waals surface area contributed by atoms with Crippen molar-refractivity contribution in [1.82, 2.24) is 9.55 Å². The van der Waals surface area contributed by atoms with E-state index in [9.17, 15) is 14.4 Å². The number of anilines is 2. The number of benzene rings is 2. The van der Waals surface area contributed by atoms with Gasteiger partial charge in [-0.2, -0.15) is 0 Å². The fourth-order valence-electron chi connectivity index (χ4n) is 3.62. The molecule has 174 valence electrons. The fourth-order valence-corrected chi connectivity index (χ4v) is 3.62. The molecule has 1 heterocycles. The van der Waals surface area contributed by atoms with Crippen LogP contribution in [0.4, 0.5) is 11.5 Å². The maximum absolute atomic E-state index is 13.4. The Kier molecular flexibility index (Phi) is 7.71. The highest BCUT2D eigenvalue weighted by atomic mass is 16.5. The topological polar surface area (TPSA) is 110 Å². The molecule has 3 rings (SSSR count). The smallest absolute Gasteiger partial charge is 0.330 e. The van der Waals surface area contributed by atoms with Crippen LogP contribution in [0.3, 0.4) is 0 Å². The molecule has 0 atom stereocenters. The minimum atomic E-state index is -0.682. The van der Waals surface area contributed by atoms with E-state index in [-0.39, 0.29) is 30.4 Å². The molecule has 3 N–H and O–H groups in total. The molecule has 0 aliphatic rings. The van der Waals surface area contributed by atoms with Crippen LogP contribution in [0.15, 0.2) is 64.2 Å². The first-order valence-corrected chi connectivity index (χ1v) is 10.9. The summed E-state index contributed by atoms with van der Waals surface area (Å²) in [6, 6.07) is 16.5. The zero-order chi connectivity index (χ0) is 24.0. The Morgan fingerprint density at radius 3 is 2.42 bits per heavy atom. The number of para-hydroxylation sites is 1. The van der Waals surface area contributed by atoms with Gasteiger partial charge < -0.3 is 15.4 Å². The minimum absolute atomic E-state index is 0.00826. The number of methoxy groups -OCH3 is 1. The zero-order valence-corrected chi connectivity index (χ0v) is 19.2. The number of aromatic nitrogens is 2. The number of aromatic amines is 1. The van der Waals surface area contributed by atoms with Gasteiger partial charge in [0.25, 0.3) is 5.56 Å². The van der Waals surface area contributed by atoms with E-state index < -0.39 is 11.2 Å². The Bertz CT molecular complexity index is 1220. The number of carbonyl (C=O) groups is 1. The van der Waals surface area contributed by atoms with Crippen LogP contribution < -0.4 is 26.6 Å². The van der Waals surface area contributed by atoms with E-state index in [0.717, 1.165) is 5.56 Å². The largest absolute Gasteiger partial charge is 0.496 e. The van der Waals surface area contributed by atoms with Crippen LogP contribution in [0.1, 0.15) is 31.4 Å². The number of H-pyrrole nitrogens is 1. The van der Waals surface area contributed by atoms with Gasteiger partial charge in [-0.3, -0.25) is 19.1 Å². The second-order valence-corrected chi connectivity index (χ2v) is 8.28. The summed E-state index contributed by atoms with van der Waals surface area (Å²) in [7, 11) is 1.54. The number of rotatable bonds is 9. The molecular weight excluding hydrogens is 420 g/mol. The maximum atomic E-state index is 13.4. The molecule has 0 saturated heterocycles. The summed E-state index contributed by atoms with van der Waals surface area (Å²) in [5.41, 5.74) is 6.59. The summed E-state index contributed by atoms with van der Waals surface area (Å²) in [6.07, 6.45) is 0.688. The van der Waals surface area contributed by atoms with Gasteiger partial charge in [-0.05, 0) is 24.0 Å². The third-order valence-corrected chi connectivity index (χ3v) is 5.43. The molecule has 0 saturated carbocycles. The third-order valence-electron chi connectivity index (χ3n) is 5.43. The van der Waals surface area contributed by atoms with E-state index in [1.54, 1.807) is 19.2 Å². The van der Waals surface area contributed by atoms with Crippen molar-refractivity contribution >= 4 is 17.4 Å². The number of ether oxygens (including phenoxy) is 1. The highest BCUT2D eigenvalue weighted by Crippen LogP contribution is 2.23. The standard InChI is InChI=1S/C25H30N4O4/c1-17(2)13-14-28(21(30)15-19-11-7-8-12-20(19)33-3)22-23(26)29(25(32)27-24(22)31)16-18-9-5-4-6-10-18/h4-12,17H,13-16,26H2,1-3H3,(H,27,31,32). The molecule has 0 fully saturated rings. The predicted octanol–water partition coefficient (Wildman–Crippen LogP) is 2.80. The molecule has 33 heavy (non-hydrogen) atoms. The molecule has 0 spiro atoms. The van der Waals surface area contributed by atoms with Crippen molar-refractivity contribution < 1.29 is 9.53 Å². The first-order valence-electron chi connectivity index (χ1n) is 10.9. The van der Waals surface area contributed by atoms with Gasteiger partial charge in [0.15, 0.2) is 5.69 Å². The zero-order valence-electron chi connectivity index (χ0n) is 19.2. The number of nitrogen functional groups attached to an aromatic ring is 1. The molecule has 1 aromatic heterocycles. The van der Waals surface area contributed by atoms with Gasteiger partial charge in [0.2, 0.25) is 5.91 Å². The van der Waals surface area contributed by atoms with E-state index in [1.807, 2.05) is 56.3 Å². The average Bonchev–Trinajstić information content (AvgIpc) is 2.79. The predicted molar refractivity (Wildman–Crippen MR) is 130 cm³/mol. The van der Waals surface area contributed by atoms with Gasteiger partial charge in [0.1, 0.15) is 11.6 Å². The molecule has 2 aromatic carbocycles. The van der Waals surface area contributed by atoms with Crippen molar-refractivity contribution in [1.29, 1.82) is 0 Å². The van der Waals surface area contributed by atoms with E-state index in [1.165, 1.54) is 9.47 Å². The Balaban J connectivity index is 2.04. The van der Waals surface area contributed by atoms with Gasteiger partial charge in [-0.1, -0.05) is 62.4 Å². The number of nitrogens with one attached hydrogen (secondary N) is 1. The quantitative estimate of drug-likeness (QED) is 0.521. The highest BCUT2D eigenvalue weighted by molar-refractivity contribution is 5.97. The van der Waals surface area contributed by atoms with Crippen molar-refractivity contribution in [2.75, 3.05) is 24.3 Å². The molecule has 0 aliphatic carbocycles. The van der Waals surface area contributed by atoms with E-state index >= 15 is 0 Å². The van der Waals surface area contributed by atoms with Crippen molar-refractivity contribution in [2.24, 2.45) is 5.92 Å². The molecular formula is C25H30N4O4. The van der Waals surface area contributed by atoms with Gasteiger partial charge in [0, 0.05) is 12.1 Å². The summed E-state index contributed by atoms with van der Waals surface area (Å²) in [5.74, 6) is 0.541. The lowest BCUT2D eigenvalue weighted by molar-refractivity contribution is -0.118. The Hall–Kier alpha value is -3.81. The molecule has 3 aromatic rings. The average molecular weight is 451 g/mol. The molecule has 1 amide bonds. The first kappa shape index (κ1) is 23.8. The Morgan fingerprint density at radius 2 is 1.76 bits per heavy atom. The van der Waals surface area contributed by atoms with E-state index in [2.05, 4.69) is 4.98 Å². The molecule has 8 heteroatoms. The second kappa shape index (κ2) is 10.7. The van der Waals surface area contributed by atoms with E-state index in [4.69, 9.17) is 10.5 Å². The lowest BCUT2D eigenvalue weighted by Crippen LogP contribution is -2.42. The second-order valence-electron chi connectivity index (χ2n) is 8.28. The van der Waals surface area contributed by atoms with Crippen LogP contribution in [-0.2, 0) is 17.8 Å². The number of nitrogens with zero attached hydrogens (tertiary/aromatic N) is 2. The normalized spacial score (nSPS) is 10.9. The van der Waals surface area contributed by atoms with Crippen LogP contribution in [0.5, 0.6) is 5.75 Å². The summed E-state index contributed by atoms with van der Waals surface area (Å²) in [5, 5.41) is 0. The van der Waals surface area contributed by atoms with Crippen molar-refractivity contribution in [3.05, 3.63) is 86.6 Å². The number of hydrogen-bond donors (Lipinski definition) is 2. The first-order chi connectivity index (χ1) is 15.8. The number of nitrogens with two attached hydrogens (primary N) is 1.